The normalized spacial score (nSPS) is 10.8. The molecule has 1 rings (SSSR count). The van der Waals surface area contributed by atoms with Crippen molar-refractivity contribution < 1.29 is 9.94 Å². The summed E-state index contributed by atoms with van der Waals surface area (Å²) < 4.78 is 0.939. The lowest BCUT2D eigenvalue weighted by Gasteiger charge is -2.05. The van der Waals surface area contributed by atoms with Crippen molar-refractivity contribution in [3.8, 4) is 6.07 Å². The SMILES string of the molecule is CN(C)/C=C(/C#N)c1cc[n+](O)cc1. The Labute approximate surface area is 82.9 Å². The quantitative estimate of drug-likeness (QED) is 0.423. The molecule has 1 N–H and O–H groups in total. The Balaban J connectivity index is 3.03. The molecule has 0 saturated heterocycles. The number of aromatic nitrogens is 1. The van der Waals surface area contributed by atoms with Crippen LogP contribution in [-0.4, -0.2) is 24.2 Å². The number of hydrogen-bond acceptors (Lipinski definition) is 3. The third-order valence-corrected chi connectivity index (χ3v) is 1.63. The van der Waals surface area contributed by atoms with E-state index in [1.165, 1.54) is 12.4 Å². The van der Waals surface area contributed by atoms with Crippen LogP contribution in [0.25, 0.3) is 5.57 Å². The van der Waals surface area contributed by atoms with Crippen LogP contribution >= 0.6 is 0 Å². The van der Waals surface area contributed by atoms with Gasteiger partial charge in [0.2, 0.25) is 12.4 Å². The molecule has 0 aliphatic heterocycles. The minimum Gasteiger partial charge on any atom is -0.382 e. The second kappa shape index (κ2) is 4.28. The van der Waals surface area contributed by atoms with Gasteiger partial charge in [-0.1, -0.05) is 0 Å². The topological polar surface area (TPSA) is 51.1 Å². The van der Waals surface area contributed by atoms with E-state index in [4.69, 9.17) is 10.5 Å². The summed E-state index contributed by atoms with van der Waals surface area (Å²) in [6, 6.07) is 5.46. The summed E-state index contributed by atoms with van der Waals surface area (Å²) >= 11 is 0. The first-order chi connectivity index (χ1) is 6.63. The van der Waals surface area contributed by atoms with Crippen molar-refractivity contribution in [1.29, 1.82) is 5.26 Å². The van der Waals surface area contributed by atoms with Crippen molar-refractivity contribution in [3.63, 3.8) is 0 Å². The van der Waals surface area contributed by atoms with E-state index in [0.29, 0.717) is 5.57 Å². The van der Waals surface area contributed by atoms with E-state index in [9.17, 15) is 0 Å². The average Bonchev–Trinajstić information content (AvgIpc) is 2.15. The lowest BCUT2D eigenvalue weighted by Crippen LogP contribution is -2.27. The maximum absolute atomic E-state index is 9.00. The van der Waals surface area contributed by atoms with Gasteiger partial charge in [0.15, 0.2) is 0 Å². The van der Waals surface area contributed by atoms with E-state index in [1.807, 2.05) is 14.1 Å². The number of nitriles is 1. The molecule has 0 fully saturated rings. The van der Waals surface area contributed by atoms with Crippen molar-refractivity contribution in [1.82, 2.24) is 4.90 Å². The van der Waals surface area contributed by atoms with E-state index in [0.717, 1.165) is 10.3 Å². The molecule has 1 aromatic rings. The number of rotatable bonds is 2. The van der Waals surface area contributed by atoms with Crippen molar-refractivity contribution in [2.24, 2.45) is 0 Å². The maximum Gasteiger partial charge on any atom is 0.222 e. The van der Waals surface area contributed by atoms with Gasteiger partial charge in [0.05, 0.1) is 5.57 Å². The van der Waals surface area contributed by atoms with Crippen LogP contribution < -0.4 is 4.73 Å². The van der Waals surface area contributed by atoms with Gasteiger partial charge in [-0.2, -0.15) is 5.26 Å². The standard InChI is InChI=1S/C10H12N3O/c1-12(2)8-10(7-11)9-3-5-13(14)6-4-9/h3-6,8,14H,1-2H3/q+1. The average molecular weight is 190 g/mol. The Morgan fingerprint density at radius 3 is 2.50 bits per heavy atom. The van der Waals surface area contributed by atoms with Gasteiger partial charge < -0.3 is 4.90 Å². The molecule has 14 heavy (non-hydrogen) atoms. The van der Waals surface area contributed by atoms with Crippen LogP contribution in [0.5, 0.6) is 0 Å². The zero-order chi connectivity index (χ0) is 10.6. The minimum absolute atomic E-state index is 0.565. The van der Waals surface area contributed by atoms with Crippen LogP contribution in [0.15, 0.2) is 30.7 Å². The second-order valence-corrected chi connectivity index (χ2v) is 3.09. The smallest absolute Gasteiger partial charge is 0.222 e. The Kier molecular flexibility index (Phi) is 3.08. The number of hydrogen-bond donors (Lipinski definition) is 1. The van der Waals surface area contributed by atoms with Crippen LogP contribution in [0.3, 0.4) is 0 Å². The summed E-state index contributed by atoms with van der Waals surface area (Å²) in [5, 5.41) is 17.9. The lowest BCUT2D eigenvalue weighted by molar-refractivity contribution is -0.904. The highest BCUT2D eigenvalue weighted by molar-refractivity contribution is 5.75. The van der Waals surface area contributed by atoms with Gasteiger partial charge in [0.1, 0.15) is 6.07 Å². The summed E-state index contributed by atoms with van der Waals surface area (Å²) in [4.78, 5) is 1.80. The first-order valence-corrected chi connectivity index (χ1v) is 4.13. The number of pyridine rings is 1. The van der Waals surface area contributed by atoms with E-state index in [1.54, 1.807) is 23.2 Å². The molecule has 0 saturated carbocycles. The van der Waals surface area contributed by atoms with Gasteiger partial charge in [0, 0.05) is 42.7 Å². The maximum atomic E-state index is 9.00. The Hall–Kier alpha value is -2.02. The summed E-state index contributed by atoms with van der Waals surface area (Å²) in [7, 11) is 3.71. The summed E-state index contributed by atoms with van der Waals surface area (Å²) in [6.45, 7) is 0. The monoisotopic (exact) mass is 190 g/mol. The molecular formula is C10H12N3O+. The van der Waals surface area contributed by atoms with E-state index >= 15 is 0 Å². The van der Waals surface area contributed by atoms with E-state index < -0.39 is 0 Å². The van der Waals surface area contributed by atoms with Crippen molar-refractivity contribution in [3.05, 3.63) is 36.3 Å². The van der Waals surface area contributed by atoms with Crippen molar-refractivity contribution in [2.75, 3.05) is 14.1 Å². The summed E-state index contributed by atoms with van der Waals surface area (Å²) in [6.07, 6.45) is 4.70. The van der Waals surface area contributed by atoms with Crippen LogP contribution in [0.1, 0.15) is 5.56 Å². The first kappa shape index (κ1) is 10.1. The van der Waals surface area contributed by atoms with Gasteiger partial charge in [-0.25, -0.2) is 0 Å². The van der Waals surface area contributed by atoms with Crippen LogP contribution in [0.4, 0.5) is 0 Å². The van der Waals surface area contributed by atoms with E-state index in [-0.39, 0.29) is 0 Å². The molecular weight excluding hydrogens is 178 g/mol. The molecule has 0 radical (unpaired) electrons. The van der Waals surface area contributed by atoms with Crippen LogP contribution in [0, 0.1) is 11.3 Å². The van der Waals surface area contributed by atoms with Gasteiger partial charge in [-0.15, -0.1) is 0 Å². The molecule has 0 bridgehead atoms. The fourth-order valence-corrected chi connectivity index (χ4v) is 1.02. The minimum atomic E-state index is 0.565. The largest absolute Gasteiger partial charge is 0.382 e. The fourth-order valence-electron chi connectivity index (χ4n) is 1.02. The fraction of sp³-hybridized carbons (Fsp3) is 0.200. The predicted octanol–water partition coefficient (Wildman–Crippen LogP) is 0.637. The van der Waals surface area contributed by atoms with Crippen molar-refractivity contribution >= 4 is 5.57 Å². The molecule has 0 spiro atoms. The zero-order valence-electron chi connectivity index (χ0n) is 8.18. The second-order valence-electron chi connectivity index (χ2n) is 3.09. The molecule has 4 nitrogen and oxygen atoms in total. The van der Waals surface area contributed by atoms with Gasteiger partial charge >= 0.3 is 0 Å². The molecule has 1 aromatic heterocycles. The number of nitrogens with zero attached hydrogens (tertiary/aromatic N) is 3. The molecule has 4 heteroatoms. The number of allylic oxidation sites excluding steroid dienone is 1. The Bertz CT molecular complexity index is 373. The molecule has 0 unspecified atom stereocenters. The zero-order valence-corrected chi connectivity index (χ0v) is 8.18. The van der Waals surface area contributed by atoms with Crippen molar-refractivity contribution in [2.45, 2.75) is 0 Å². The van der Waals surface area contributed by atoms with Gasteiger partial charge in [-0.3, -0.25) is 5.21 Å². The van der Waals surface area contributed by atoms with Gasteiger partial charge in [-0.05, 0) is 0 Å². The third-order valence-electron chi connectivity index (χ3n) is 1.63. The summed E-state index contributed by atoms with van der Waals surface area (Å²) in [5.74, 6) is 0. The Morgan fingerprint density at radius 2 is 2.07 bits per heavy atom. The van der Waals surface area contributed by atoms with Crippen LogP contribution in [-0.2, 0) is 0 Å². The molecule has 0 atom stereocenters. The predicted molar refractivity (Wildman–Crippen MR) is 51.1 cm³/mol. The Morgan fingerprint density at radius 1 is 1.50 bits per heavy atom. The highest BCUT2D eigenvalue weighted by Gasteiger charge is 2.03. The molecule has 1 heterocycles. The molecule has 0 amide bonds. The summed E-state index contributed by atoms with van der Waals surface area (Å²) in [5.41, 5.74) is 1.35. The molecule has 0 aliphatic carbocycles. The first-order valence-electron chi connectivity index (χ1n) is 4.13. The van der Waals surface area contributed by atoms with Gasteiger partial charge in [0.25, 0.3) is 0 Å². The highest BCUT2D eigenvalue weighted by atomic mass is 16.5. The molecule has 0 aromatic carbocycles. The third kappa shape index (κ3) is 2.49. The van der Waals surface area contributed by atoms with Crippen LogP contribution in [0.2, 0.25) is 0 Å². The lowest BCUT2D eigenvalue weighted by atomic mass is 10.1. The molecule has 0 aliphatic rings. The molecule has 72 valence electrons. The highest BCUT2D eigenvalue weighted by Crippen LogP contribution is 2.11. The van der Waals surface area contributed by atoms with E-state index in [2.05, 4.69) is 6.07 Å².